The molecule has 1 aromatic heterocycles. The van der Waals surface area contributed by atoms with Crippen LogP contribution in [-0.2, 0) is 9.84 Å². The van der Waals surface area contributed by atoms with Crippen LogP contribution in [-0.4, -0.2) is 23.6 Å². The number of aromatic nitrogens is 2. The van der Waals surface area contributed by atoms with Crippen LogP contribution in [0, 0.1) is 17.8 Å². The monoisotopic (exact) mass is 270 g/mol. The molecule has 1 aromatic rings. The molecular weight excluding hydrogens is 248 g/mol. The molecule has 0 amide bonds. The number of rotatable bonds is 3. The molecule has 102 valence electrons. The Labute approximate surface area is 109 Å². The zero-order valence-corrected chi connectivity index (χ0v) is 12.1. The van der Waals surface area contributed by atoms with Crippen LogP contribution >= 0.6 is 0 Å². The Kier molecular flexibility index (Phi) is 3.80. The van der Waals surface area contributed by atoms with E-state index < -0.39 is 9.84 Å². The van der Waals surface area contributed by atoms with E-state index in [-0.39, 0.29) is 16.3 Å². The summed E-state index contributed by atoms with van der Waals surface area (Å²) in [7, 11) is -3.31. The molecule has 0 spiro atoms. The lowest BCUT2D eigenvalue weighted by Gasteiger charge is -2.36. The topological polar surface area (TPSA) is 62.8 Å². The molecule has 1 fully saturated rings. The number of hydrogen-bond acceptors (Lipinski definition) is 3. The van der Waals surface area contributed by atoms with E-state index >= 15 is 0 Å². The van der Waals surface area contributed by atoms with Crippen molar-refractivity contribution >= 4 is 9.84 Å². The van der Waals surface area contributed by atoms with E-state index in [9.17, 15) is 8.42 Å². The highest BCUT2D eigenvalue weighted by atomic mass is 32.2. The van der Waals surface area contributed by atoms with Crippen LogP contribution in [0.15, 0.2) is 17.6 Å². The van der Waals surface area contributed by atoms with Gasteiger partial charge in [-0.25, -0.2) is 13.4 Å². The van der Waals surface area contributed by atoms with Gasteiger partial charge in [-0.15, -0.1) is 0 Å². The van der Waals surface area contributed by atoms with Crippen LogP contribution in [0.1, 0.15) is 40.0 Å². The Morgan fingerprint density at radius 3 is 2.67 bits per heavy atom. The van der Waals surface area contributed by atoms with Gasteiger partial charge in [0.1, 0.15) is 0 Å². The van der Waals surface area contributed by atoms with E-state index in [2.05, 4.69) is 30.7 Å². The normalized spacial score (nSPS) is 29.7. The number of imidazole rings is 1. The second-order valence-corrected chi connectivity index (χ2v) is 7.89. The van der Waals surface area contributed by atoms with Crippen LogP contribution < -0.4 is 0 Å². The average Bonchev–Trinajstić information content (AvgIpc) is 2.82. The molecule has 3 unspecified atom stereocenters. The van der Waals surface area contributed by atoms with Gasteiger partial charge >= 0.3 is 0 Å². The minimum Gasteiger partial charge on any atom is -0.336 e. The lowest BCUT2D eigenvalue weighted by Crippen LogP contribution is -2.38. The number of aromatic amines is 1. The quantitative estimate of drug-likeness (QED) is 0.918. The van der Waals surface area contributed by atoms with Gasteiger partial charge in [-0.2, -0.15) is 0 Å². The molecule has 1 aliphatic rings. The van der Waals surface area contributed by atoms with Gasteiger partial charge < -0.3 is 4.98 Å². The summed E-state index contributed by atoms with van der Waals surface area (Å²) in [6, 6.07) is 0. The van der Waals surface area contributed by atoms with Gasteiger partial charge in [-0.1, -0.05) is 27.2 Å². The Morgan fingerprint density at radius 2 is 2.11 bits per heavy atom. The summed E-state index contributed by atoms with van der Waals surface area (Å²) >= 11 is 0. The van der Waals surface area contributed by atoms with Gasteiger partial charge in [0.15, 0.2) is 0 Å². The first-order valence-electron chi connectivity index (χ1n) is 6.66. The predicted octanol–water partition coefficient (Wildman–Crippen LogP) is 2.64. The molecule has 0 bridgehead atoms. The van der Waals surface area contributed by atoms with Gasteiger partial charge in [0.05, 0.1) is 5.25 Å². The van der Waals surface area contributed by atoms with Crippen LogP contribution in [0.25, 0.3) is 0 Å². The first kappa shape index (κ1) is 13.6. The van der Waals surface area contributed by atoms with Gasteiger partial charge in [0, 0.05) is 12.4 Å². The number of nitrogens with one attached hydrogen (secondary N) is 1. The summed E-state index contributed by atoms with van der Waals surface area (Å²) in [5, 5.41) is -0.153. The van der Waals surface area contributed by atoms with Crippen molar-refractivity contribution in [3.05, 3.63) is 12.4 Å². The van der Waals surface area contributed by atoms with Gasteiger partial charge in [-0.05, 0) is 30.6 Å². The summed E-state index contributed by atoms with van der Waals surface area (Å²) in [5.74, 6) is 1.12. The third-order valence-electron chi connectivity index (χ3n) is 4.10. The predicted molar refractivity (Wildman–Crippen MR) is 70.9 cm³/mol. The molecular formula is C13H22N2O2S. The lowest BCUT2D eigenvalue weighted by molar-refractivity contribution is 0.236. The molecule has 3 atom stereocenters. The average molecular weight is 270 g/mol. The molecule has 1 heterocycles. The minimum absolute atomic E-state index is 0.132. The molecule has 18 heavy (non-hydrogen) atoms. The highest BCUT2D eigenvalue weighted by Crippen LogP contribution is 2.38. The van der Waals surface area contributed by atoms with E-state index in [4.69, 9.17) is 0 Å². The van der Waals surface area contributed by atoms with E-state index in [0.717, 1.165) is 19.3 Å². The molecule has 1 aliphatic carbocycles. The Morgan fingerprint density at radius 1 is 1.39 bits per heavy atom. The smallest absolute Gasteiger partial charge is 0.225 e. The first-order chi connectivity index (χ1) is 8.43. The van der Waals surface area contributed by atoms with E-state index in [1.807, 2.05) is 0 Å². The highest BCUT2D eigenvalue weighted by Gasteiger charge is 2.41. The van der Waals surface area contributed by atoms with Gasteiger partial charge in [0.25, 0.3) is 0 Å². The molecule has 5 heteroatoms. The fourth-order valence-electron chi connectivity index (χ4n) is 3.02. The van der Waals surface area contributed by atoms with E-state index in [1.54, 1.807) is 6.20 Å². The number of H-pyrrole nitrogens is 1. The summed E-state index contributed by atoms with van der Waals surface area (Å²) in [4.78, 5) is 6.69. The molecule has 4 nitrogen and oxygen atoms in total. The maximum absolute atomic E-state index is 12.6. The van der Waals surface area contributed by atoms with Crippen molar-refractivity contribution in [2.45, 2.75) is 50.4 Å². The third kappa shape index (κ3) is 2.46. The largest absolute Gasteiger partial charge is 0.336 e. The van der Waals surface area contributed by atoms with E-state index in [1.165, 1.54) is 6.20 Å². The highest BCUT2D eigenvalue weighted by molar-refractivity contribution is 7.91. The SMILES string of the molecule is CC1CCC(C(C)C)C(S(=O)(=O)c2ncc[nH]2)C1. The summed E-state index contributed by atoms with van der Waals surface area (Å²) < 4.78 is 25.2. The van der Waals surface area contributed by atoms with Crippen molar-refractivity contribution in [3.8, 4) is 0 Å². The molecule has 1 saturated carbocycles. The fourth-order valence-corrected chi connectivity index (χ4v) is 5.24. The molecule has 0 saturated heterocycles. The number of sulfone groups is 1. The second kappa shape index (κ2) is 5.03. The summed E-state index contributed by atoms with van der Waals surface area (Å²) in [5.41, 5.74) is 0. The Balaban J connectivity index is 2.33. The van der Waals surface area contributed by atoms with Crippen molar-refractivity contribution in [1.29, 1.82) is 0 Å². The van der Waals surface area contributed by atoms with E-state index in [0.29, 0.717) is 11.8 Å². The van der Waals surface area contributed by atoms with Crippen molar-refractivity contribution in [1.82, 2.24) is 9.97 Å². The van der Waals surface area contributed by atoms with Crippen LogP contribution in [0.3, 0.4) is 0 Å². The minimum atomic E-state index is -3.31. The van der Waals surface area contributed by atoms with Crippen molar-refractivity contribution in [3.63, 3.8) is 0 Å². The van der Waals surface area contributed by atoms with Crippen LogP contribution in [0.5, 0.6) is 0 Å². The zero-order chi connectivity index (χ0) is 13.3. The standard InChI is InChI=1S/C13H22N2O2S/c1-9(2)11-5-4-10(3)8-12(11)18(16,17)13-14-6-7-15-13/h6-7,9-12H,4-5,8H2,1-3H3,(H,14,15). The maximum atomic E-state index is 12.6. The van der Waals surface area contributed by atoms with Crippen LogP contribution in [0.2, 0.25) is 0 Å². The fraction of sp³-hybridized carbons (Fsp3) is 0.769. The molecule has 2 rings (SSSR count). The summed E-state index contributed by atoms with van der Waals surface area (Å²) in [6.45, 7) is 6.37. The van der Waals surface area contributed by atoms with Gasteiger partial charge in [-0.3, -0.25) is 0 Å². The lowest BCUT2D eigenvalue weighted by atomic mass is 9.77. The van der Waals surface area contributed by atoms with Crippen molar-refractivity contribution in [2.75, 3.05) is 0 Å². The Bertz CT molecular complexity index is 479. The zero-order valence-electron chi connectivity index (χ0n) is 11.3. The molecule has 0 aromatic carbocycles. The van der Waals surface area contributed by atoms with Gasteiger partial charge in [0.2, 0.25) is 15.0 Å². The molecule has 0 radical (unpaired) electrons. The number of hydrogen-bond donors (Lipinski definition) is 1. The van der Waals surface area contributed by atoms with Crippen molar-refractivity contribution in [2.24, 2.45) is 17.8 Å². The second-order valence-electron chi connectivity index (χ2n) is 5.80. The maximum Gasteiger partial charge on any atom is 0.225 e. The summed E-state index contributed by atoms with van der Waals surface area (Å²) in [6.07, 6.45) is 5.97. The van der Waals surface area contributed by atoms with Crippen LogP contribution in [0.4, 0.5) is 0 Å². The number of nitrogens with zero attached hydrogens (tertiary/aromatic N) is 1. The third-order valence-corrected chi connectivity index (χ3v) is 6.20. The molecule has 0 aliphatic heterocycles. The van der Waals surface area contributed by atoms with Crippen molar-refractivity contribution < 1.29 is 8.42 Å². The first-order valence-corrected chi connectivity index (χ1v) is 8.21. The Hall–Kier alpha value is -0.840. The molecule has 1 N–H and O–H groups in total.